The van der Waals surface area contributed by atoms with Gasteiger partial charge < -0.3 is 10.2 Å². The van der Waals surface area contributed by atoms with E-state index in [9.17, 15) is 4.79 Å². The van der Waals surface area contributed by atoms with Crippen LogP contribution >= 0.6 is 0 Å². The summed E-state index contributed by atoms with van der Waals surface area (Å²) in [5.41, 5.74) is 1.21. The van der Waals surface area contributed by atoms with E-state index < -0.39 is 0 Å². The lowest BCUT2D eigenvalue weighted by molar-refractivity contribution is -0.132. The van der Waals surface area contributed by atoms with Gasteiger partial charge >= 0.3 is 0 Å². The van der Waals surface area contributed by atoms with Crippen LogP contribution in [-0.2, 0) is 4.79 Å². The standard InChI is InChI=1S/C14H22N4O/c19-14(10-12-2-1-6-15-12)18-8-4-11(5-9-18)13-3-7-16-17-13/h3,7,11-12,15H,1-2,4-6,8-10H2,(H,16,17). The zero-order valence-electron chi connectivity index (χ0n) is 11.3. The van der Waals surface area contributed by atoms with Gasteiger partial charge in [0, 0.05) is 43.4 Å². The van der Waals surface area contributed by atoms with Crippen molar-refractivity contribution >= 4 is 5.91 Å². The molecule has 2 fully saturated rings. The van der Waals surface area contributed by atoms with E-state index in [2.05, 4.69) is 15.5 Å². The Morgan fingerprint density at radius 1 is 1.37 bits per heavy atom. The summed E-state index contributed by atoms with van der Waals surface area (Å²) in [6.45, 7) is 2.84. The van der Waals surface area contributed by atoms with Crippen molar-refractivity contribution in [1.29, 1.82) is 0 Å². The topological polar surface area (TPSA) is 61.0 Å². The van der Waals surface area contributed by atoms with Crippen molar-refractivity contribution in [3.05, 3.63) is 18.0 Å². The molecule has 104 valence electrons. The lowest BCUT2D eigenvalue weighted by Crippen LogP contribution is -2.40. The molecule has 0 aromatic carbocycles. The number of hydrogen-bond acceptors (Lipinski definition) is 3. The Morgan fingerprint density at radius 3 is 2.84 bits per heavy atom. The second-order valence-corrected chi connectivity index (χ2v) is 5.66. The second kappa shape index (κ2) is 5.74. The van der Waals surface area contributed by atoms with Crippen LogP contribution in [0.2, 0.25) is 0 Å². The summed E-state index contributed by atoms with van der Waals surface area (Å²) in [5, 5.41) is 10.4. The first-order valence-corrected chi connectivity index (χ1v) is 7.33. The fraction of sp³-hybridized carbons (Fsp3) is 0.714. The first-order chi connectivity index (χ1) is 9.33. The maximum Gasteiger partial charge on any atom is 0.224 e. The van der Waals surface area contributed by atoms with Crippen LogP contribution in [0.4, 0.5) is 0 Å². The third kappa shape index (κ3) is 2.97. The van der Waals surface area contributed by atoms with Crippen LogP contribution in [-0.4, -0.2) is 46.7 Å². The highest BCUT2D eigenvalue weighted by molar-refractivity contribution is 5.77. The van der Waals surface area contributed by atoms with Crippen molar-refractivity contribution in [2.45, 2.75) is 44.1 Å². The molecule has 3 heterocycles. The van der Waals surface area contributed by atoms with Gasteiger partial charge in [0.2, 0.25) is 5.91 Å². The lowest BCUT2D eigenvalue weighted by atomic mass is 9.93. The summed E-state index contributed by atoms with van der Waals surface area (Å²) in [4.78, 5) is 14.2. The van der Waals surface area contributed by atoms with Crippen molar-refractivity contribution < 1.29 is 4.79 Å². The monoisotopic (exact) mass is 262 g/mol. The van der Waals surface area contributed by atoms with E-state index in [1.165, 1.54) is 12.1 Å². The molecule has 1 atom stereocenters. The maximum absolute atomic E-state index is 12.2. The van der Waals surface area contributed by atoms with E-state index in [1.807, 2.05) is 11.0 Å². The van der Waals surface area contributed by atoms with E-state index in [0.717, 1.165) is 38.9 Å². The predicted molar refractivity (Wildman–Crippen MR) is 72.8 cm³/mol. The summed E-state index contributed by atoms with van der Waals surface area (Å²) in [7, 11) is 0. The summed E-state index contributed by atoms with van der Waals surface area (Å²) >= 11 is 0. The van der Waals surface area contributed by atoms with Crippen LogP contribution in [0.25, 0.3) is 0 Å². The molecule has 2 N–H and O–H groups in total. The van der Waals surface area contributed by atoms with Gasteiger partial charge in [-0.1, -0.05) is 0 Å². The molecule has 0 saturated carbocycles. The van der Waals surface area contributed by atoms with Crippen molar-refractivity contribution in [3.63, 3.8) is 0 Å². The first kappa shape index (κ1) is 12.7. The summed E-state index contributed by atoms with van der Waals surface area (Å²) in [6, 6.07) is 2.46. The smallest absolute Gasteiger partial charge is 0.224 e. The molecular formula is C14H22N4O. The van der Waals surface area contributed by atoms with Crippen LogP contribution < -0.4 is 5.32 Å². The van der Waals surface area contributed by atoms with Crippen LogP contribution in [0.5, 0.6) is 0 Å². The molecule has 2 saturated heterocycles. The largest absolute Gasteiger partial charge is 0.343 e. The molecule has 5 heteroatoms. The lowest BCUT2D eigenvalue weighted by Gasteiger charge is -2.32. The molecule has 3 rings (SSSR count). The number of nitrogens with zero attached hydrogens (tertiary/aromatic N) is 2. The summed E-state index contributed by atoms with van der Waals surface area (Å²) in [5.74, 6) is 0.860. The fourth-order valence-electron chi connectivity index (χ4n) is 3.20. The van der Waals surface area contributed by atoms with Gasteiger partial charge in [0.1, 0.15) is 0 Å². The number of nitrogens with one attached hydrogen (secondary N) is 2. The normalized spacial score (nSPS) is 24.8. The molecule has 1 unspecified atom stereocenters. The van der Waals surface area contributed by atoms with Gasteiger partial charge in [-0.25, -0.2) is 0 Å². The van der Waals surface area contributed by atoms with Gasteiger partial charge in [-0.15, -0.1) is 0 Å². The highest BCUT2D eigenvalue weighted by Gasteiger charge is 2.26. The number of rotatable bonds is 3. The number of carbonyl (C=O) groups excluding carboxylic acids is 1. The Bertz CT molecular complexity index is 403. The Labute approximate surface area is 113 Å². The highest BCUT2D eigenvalue weighted by atomic mass is 16.2. The minimum atomic E-state index is 0.322. The second-order valence-electron chi connectivity index (χ2n) is 5.66. The molecule has 2 aliphatic heterocycles. The molecular weight excluding hydrogens is 240 g/mol. The summed E-state index contributed by atoms with van der Waals surface area (Å²) in [6.07, 6.45) is 6.93. The average Bonchev–Trinajstić information content (AvgIpc) is 3.12. The minimum Gasteiger partial charge on any atom is -0.343 e. The van der Waals surface area contributed by atoms with Gasteiger partial charge in [-0.2, -0.15) is 5.10 Å². The predicted octanol–water partition coefficient (Wildman–Crippen LogP) is 1.26. The molecule has 1 aromatic rings. The van der Waals surface area contributed by atoms with E-state index in [4.69, 9.17) is 0 Å². The van der Waals surface area contributed by atoms with Crippen LogP contribution in [0.1, 0.15) is 43.7 Å². The van der Waals surface area contributed by atoms with Gasteiger partial charge in [0.25, 0.3) is 0 Å². The van der Waals surface area contributed by atoms with Crippen LogP contribution in [0, 0.1) is 0 Å². The van der Waals surface area contributed by atoms with Crippen LogP contribution in [0.3, 0.4) is 0 Å². The van der Waals surface area contributed by atoms with Gasteiger partial charge in [-0.05, 0) is 38.3 Å². The van der Waals surface area contributed by atoms with Gasteiger partial charge in [0.15, 0.2) is 0 Å². The minimum absolute atomic E-state index is 0.322. The van der Waals surface area contributed by atoms with E-state index in [1.54, 1.807) is 6.20 Å². The highest BCUT2D eigenvalue weighted by Crippen LogP contribution is 2.26. The van der Waals surface area contributed by atoms with Gasteiger partial charge in [0.05, 0.1) is 0 Å². The number of carbonyl (C=O) groups is 1. The molecule has 1 aromatic heterocycles. The Kier molecular flexibility index (Phi) is 3.82. The van der Waals surface area contributed by atoms with Crippen molar-refractivity contribution in [1.82, 2.24) is 20.4 Å². The molecule has 19 heavy (non-hydrogen) atoms. The van der Waals surface area contributed by atoms with E-state index >= 15 is 0 Å². The quantitative estimate of drug-likeness (QED) is 0.862. The maximum atomic E-state index is 12.2. The third-order valence-corrected chi connectivity index (χ3v) is 4.39. The number of hydrogen-bond donors (Lipinski definition) is 2. The third-order valence-electron chi connectivity index (χ3n) is 4.39. The molecule has 0 spiro atoms. The van der Waals surface area contributed by atoms with Gasteiger partial charge in [-0.3, -0.25) is 9.89 Å². The Balaban J connectivity index is 1.48. The van der Waals surface area contributed by atoms with Crippen molar-refractivity contribution in [2.24, 2.45) is 0 Å². The molecule has 0 aliphatic carbocycles. The first-order valence-electron chi connectivity index (χ1n) is 7.33. The molecule has 5 nitrogen and oxygen atoms in total. The average molecular weight is 262 g/mol. The molecule has 0 radical (unpaired) electrons. The number of H-pyrrole nitrogens is 1. The van der Waals surface area contributed by atoms with Crippen molar-refractivity contribution in [2.75, 3.05) is 19.6 Å². The SMILES string of the molecule is O=C(CC1CCCN1)N1CCC(c2ccn[nH]2)CC1. The van der Waals surface area contributed by atoms with Crippen LogP contribution in [0.15, 0.2) is 12.3 Å². The zero-order chi connectivity index (χ0) is 13.1. The molecule has 0 bridgehead atoms. The molecule has 1 amide bonds. The number of amides is 1. The Morgan fingerprint density at radius 2 is 2.21 bits per heavy atom. The van der Waals surface area contributed by atoms with E-state index in [0.29, 0.717) is 24.3 Å². The van der Waals surface area contributed by atoms with E-state index in [-0.39, 0.29) is 0 Å². The van der Waals surface area contributed by atoms with Crippen molar-refractivity contribution in [3.8, 4) is 0 Å². The number of likely N-dealkylation sites (tertiary alicyclic amines) is 1. The number of piperidine rings is 1. The zero-order valence-corrected chi connectivity index (χ0v) is 11.3. The fourth-order valence-corrected chi connectivity index (χ4v) is 3.20. The number of aromatic nitrogens is 2. The Hall–Kier alpha value is -1.36. The summed E-state index contributed by atoms with van der Waals surface area (Å²) < 4.78 is 0. The number of aromatic amines is 1. The molecule has 2 aliphatic rings.